The maximum atomic E-state index is 12.3. The van der Waals surface area contributed by atoms with Crippen LogP contribution in [0, 0.1) is 0 Å². The summed E-state index contributed by atoms with van der Waals surface area (Å²) in [5, 5.41) is 3.14. The normalized spacial score (nSPS) is 18.6. The zero-order valence-electron chi connectivity index (χ0n) is 12.4. The Morgan fingerprint density at radius 2 is 1.83 bits per heavy atom. The molecule has 7 heteroatoms. The van der Waals surface area contributed by atoms with Crippen molar-refractivity contribution in [2.75, 3.05) is 11.9 Å². The molecule has 1 aliphatic rings. The van der Waals surface area contributed by atoms with Crippen LogP contribution < -0.4 is 10.0 Å². The molecule has 0 saturated heterocycles. The molecule has 0 radical (unpaired) electrons. The SMILES string of the molecule is CCOC(=O)c1ccc([C@@H]2Nc3ccccc3S(=O)(=O)N2)cc1. The maximum absolute atomic E-state index is 12.3. The second-order valence-corrected chi connectivity index (χ2v) is 6.72. The van der Waals surface area contributed by atoms with E-state index in [4.69, 9.17) is 4.74 Å². The number of carbonyl (C=O) groups is 1. The minimum absolute atomic E-state index is 0.222. The summed E-state index contributed by atoms with van der Waals surface area (Å²) in [7, 11) is -3.58. The Balaban J connectivity index is 1.88. The number of rotatable bonds is 3. The van der Waals surface area contributed by atoms with Gasteiger partial charge in [0, 0.05) is 0 Å². The summed E-state index contributed by atoms with van der Waals surface area (Å²) in [6.07, 6.45) is -0.592. The number of hydrogen-bond donors (Lipinski definition) is 2. The highest BCUT2D eigenvalue weighted by Gasteiger charge is 2.29. The van der Waals surface area contributed by atoms with Crippen LogP contribution in [0.4, 0.5) is 5.69 Å². The molecular formula is C16H16N2O4S. The van der Waals surface area contributed by atoms with Gasteiger partial charge < -0.3 is 10.1 Å². The van der Waals surface area contributed by atoms with Crippen molar-refractivity contribution in [3.8, 4) is 0 Å². The van der Waals surface area contributed by atoms with Gasteiger partial charge in [-0.2, -0.15) is 4.72 Å². The molecule has 120 valence electrons. The molecule has 3 rings (SSSR count). The minimum Gasteiger partial charge on any atom is -0.462 e. The largest absolute Gasteiger partial charge is 0.462 e. The zero-order chi connectivity index (χ0) is 16.4. The van der Waals surface area contributed by atoms with Crippen molar-refractivity contribution in [3.63, 3.8) is 0 Å². The molecule has 0 fully saturated rings. The summed E-state index contributed by atoms with van der Waals surface area (Å²) >= 11 is 0. The van der Waals surface area contributed by atoms with E-state index in [1.54, 1.807) is 55.5 Å². The number of para-hydroxylation sites is 1. The Labute approximate surface area is 134 Å². The Morgan fingerprint density at radius 3 is 2.52 bits per heavy atom. The second-order valence-electron chi connectivity index (χ2n) is 5.04. The lowest BCUT2D eigenvalue weighted by Crippen LogP contribution is -2.38. The molecule has 0 amide bonds. The van der Waals surface area contributed by atoms with Crippen molar-refractivity contribution in [2.24, 2.45) is 0 Å². The second kappa shape index (κ2) is 6.02. The summed E-state index contributed by atoms with van der Waals surface area (Å²) in [5.74, 6) is -0.401. The van der Waals surface area contributed by atoms with Crippen LogP contribution in [0.3, 0.4) is 0 Å². The number of hydrogen-bond acceptors (Lipinski definition) is 5. The van der Waals surface area contributed by atoms with Crippen molar-refractivity contribution in [2.45, 2.75) is 18.0 Å². The van der Waals surface area contributed by atoms with Gasteiger partial charge in [0.05, 0.1) is 17.9 Å². The molecule has 2 N–H and O–H groups in total. The van der Waals surface area contributed by atoms with E-state index < -0.39 is 22.2 Å². The van der Waals surface area contributed by atoms with Crippen LogP contribution in [0.15, 0.2) is 53.4 Å². The van der Waals surface area contributed by atoms with Crippen LogP contribution in [0.2, 0.25) is 0 Å². The van der Waals surface area contributed by atoms with Crippen LogP contribution in [0.25, 0.3) is 0 Å². The third-order valence-electron chi connectivity index (χ3n) is 3.50. The molecule has 2 aromatic rings. The molecule has 0 saturated carbocycles. The summed E-state index contributed by atoms with van der Waals surface area (Å²) < 4.78 is 32.1. The van der Waals surface area contributed by atoms with Gasteiger partial charge in [-0.15, -0.1) is 0 Å². The number of ether oxygens (including phenoxy) is 1. The predicted molar refractivity (Wildman–Crippen MR) is 85.5 cm³/mol. The fraction of sp³-hybridized carbons (Fsp3) is 0.188. The number of esters is 1. The average molecular weight is 332 g/mol. The van der Waals surface area contributed by atoms with Gasteiger partial charge in [-0.05, 0) is 36.8 Å². The molecule has 0 unspecified atom stereocenters. The first-order valence-electron chi connectivity index (χ1n) is 7.16. The molecule has 23 heavy (non-hydrogen) atoms. The summed E-state index contributed by atoms with van der Waals surface area (Å²) in [5.41, 5.74) is 1.68. The highest BCUT2D eigenvalue weighted by atomic mass is 32.2. The zero-order valence-corrected chi connectivity index (χ0v) is 13.3. The van der Waals surface area contributed by atoms with Crippen LogP contribution in [-0.4, -0.2) is 21.0 Å². The number of nitrogens with one attached hydrogen (secondary N) is 2. The molecule has 0 aromatic heterocycles. The molecule has 0 spiro atoms. The standard InChI is InChI=1S/C16H16N2O4S/c1-2-22-16(19)12-9-7-11(8-10-12)15-17-13-5-3-4-6-14(13)23(20,21)18-15/h3-10,15,17-18H,2H2,1H3/t15-/m1/s1. The van der Waals surface area contributed by atoms with E-state index in [0.29, 0.717) is 23.4 Å². The van der Waals surface area contributed by atoms with E-state index in [0.717, 1.165) is 0 Å². The minimum atomic E-state index is -3.58. The topological polar surface area (TPSA) is 84.5 Å². The predicted octanol–water partition coefficient (Wildman–Crippen LogP) is 2.27. The highest BCUT2D eigenvalue weighted by Crippen LogP contribution is 2.30. The van der Waals surface area contributed by atoms with Crippen LogP contribution in [0.5, 0.6) is 0 Å². The smallest absolute Gasteiger partial charge is 0.338 e. The van der Waals surface area contributed by atoms with Gasteiger partial charge in [0.2, 0.25) is 10.0 Å². The monoisotopic (exact) mass is 332 g/mol. The fourth-order valence-corrected chi connectivity index (χ4v) is 3.71. The Kier molecular flexibility index (Phi) is 4.06. The lowest BCUT2D eigenvalue weighted by molar-refractivity contribution is 0.0526. The van der Waals surface area contributed by atoms with Gasteiger partial charge >= 0.3 is 5.97 Å². The summed E-state index contributed by atoms with van der Waals surface area (Å²) in [6, 6.07) is 13.3. The van der Waals surface area contributed by atoms with Gasteiger partial charge in [-0.1, -0.05) is 24.3 Å². The summed E-state index contributed by atoms with van der Waals surface area (Å²) in [6.45, 7) is 2.05. The van der Waals surface area contributed by atoms with Crippen molar-refractivity contribution < 1.29 is 17.9 Å². The Bertz CT molecular complexity index is 831. The molecule has 0 aliphatic carbocycles. The number of anilines is 1. The van der Waals surface area contributed by atoms with Crippen LogP contribution >= 0.6 is 0 Å². The third-order valence-corrected chi connectivity index (χ3v) is 4.99. The number of sulfonamides is 1. The van der Waals surface area contributed by atoms with Gasteiger partial charge in [0.15, 0.2) is 0 Å². The van der Waals surface area contributed by atoms with E-state index >= 15 is 0 Å². The first kappa shape index (κ1) is 15.5. The number of benzene rings is 2. The molecule has 2 aromatic carbocycles. The van der Waals surface area contributed by atoms with E-state index in [9.17, 15) is 13.2 Å². The van der Waals surface area contributed by atoms with Crippen LogP contribution in [-0.2, 0) is 14.8 Å². The number of fused-ring (bicyclic) bond motifs is 1. The van der Waals surface area contributed by atoms with E-state index in [2.05, 4.69) is 10.0 Å². The molecule has 1 heterocycles. The van der Waals surface area contributed by atoms with Gasteiger partial charge in [0.1, 0.15) is 11.1 Å². The van der Waals surface area contributed by atoms with Crippen molar-refractivity contribution >= 4 is 21.7 Å². The van der Waals surface area contributed by atoms with E-state index in [1.807, 2.05) is 0 Å². The lowest BCUT2D eigenvalue weighted by Gasteiger charge is -2.28. The lowest BCUT2D eigenvalue weighted by atomic mass is 10.1. The van der Waals surface area contributed by atoms with Gasteiger partial charge in [-0.25, -0.2) is 13.2 Å². The highest BCUT2D eigenvalue weighted by molar-refractivity contribution is 7.89. The van der Waals surface area contributed by atoms with Crippen LogP contribution in [0.1, 0.15) is 29.0 Å². The van der Waals surface area contributed by atoms with Crippen molar-refractivity contribution in [3.05, 3.63) is 59.7 Å². The Morgan fingerprint density at radius 1 is 1.13 bits per heavy atom. The number of carbonyl (C=O) groups excluding carboxylic acids is 1. The first-order valence-corrected chi connectivity index (χ1v) is 8.64. The summed E-state index contributed by atoms with van der Waals surface area (Å²) in [4.78, 5) is 11.9. The first-order chi connectivity index (χ1) is 11.0. The van der Waals surface area contributed by atoms with E-state index in [-0.39, 0.29) is 4.90 Å². The van der Waals surface area contributed by atoms with Crippen molar-refractivity contribution in [1.29, 1.82) is 0 Å². The van der Waals surface area contributed by atoms with E-state index in [1.165, 1.54) is 0 Å². The molecular weight excluding hydrogens is 316 g/mol. The molecule has 1 atom stereocenters. The molecule has 6 nitrogen and oxygen atoms in total. The molecule has 1 aliphatic heterocycles. The fourth-order valence-electron chi connectivity index (χ4n) is 2.40. The maximum Gasteiger partial charge on any atom is 0.338 e. The average Bonchev–Trinajstić information content (AvgIpc) is 2.54. The quantitative estimate of drug-likeness (QED) is 0.842. The Hall–Kier alpha value is -2.38. The molecule has 0 bridgehead atoms. The van der Waals surface area contributed by atoms with Gasteiger partial charge in [0.25, 0.3) is 0 Å². The van der Waals surface area contributed by atoms with Crippen molar-refractivity contribution in [1.82, 2.24) is 4.72 Å². The van der Waals surface area contributed by atoms with Gasteiger partial charge in [-0.3, -0.25) is 0 Å². The third kappa shape index (κ3) is 3.06.